The van der Waals surface area contributed by atoms with Gasteiger partial charge in [-0.15, -0.1) is 0 Å². The van der Waals surface area contributed by atoms with Crippen LogP contribution in [0.25, 0.3) is 10.9 Å². The Labute approximate surface area is 266 Å². The van der Waals surface area contributed by atoms with Crippen LogP contribution in [0.2, 0.25) is 0 Å². The molecule has 0 spiro atoms. The molecule has 0 atom stereocenters. The quantitative estimate of drug-likeness (QED) is 0.214. The van der Waals surface area contributed by atoms with Crippen molar-refractivity contribution in [1.29, 1.82) is 0 Å². The van der Waals surface area contributed by atoms with Gasteiger partial charge in [0, 0.05) is 82.3 Å². The number of methoxy groups -OCH3 is 2. The summed E-state index contributed by atoms with van der Waals surface area (Å²) in [7, 11) is 13.5. The van der Waals surface area contributed by atoms with E-state index < -0.39 is 0 Å². The molecule has 0 bridgehead atoms. The molecule has 2 N–H and O–H groups in total. The van der Waals surface area contributed by atoms with Crippen LogP contribution in [0.4, 0.5) is 17.5 Å². The molecule has 5 rings (SSSR count). The van der Waals surface area contributed by atoms with Crippen molar-refractivity contribution in [1.82, 2.24) is 29.3 Å². The number of nitrogens with zero attached hydrogens (tertiary/aromatic N) is 7. The minimum absolute atomic E-state index is 0.260. The van der Waals surface area contributed by atoms with E-state index in [-0.39, 0.29) is 6.04 Å². The largest absolute Gasteiger partial charge is 0.493 e. The molecule has 1 fully saturated rings. The summed E-state index contributed by atoms with van der Waals surface area (Å²) in [4.78, 5) is 21.0. The third-order valence-corrected chi connectivity index (χ3v) is 8.08. The lowest BCUT2D eigenvalue weighted by Crippen LogP contribution is -2.39. The predicted molar refractivity (Wildman–Crippen MR) is 180 cm³/mol. The van der Waals surface area contributed by atoms with Crippen molar-refractivity contribution in [3.8, 4) is 17.2 Å². The van der Waals surface area contributed by atoms with Crippen LogP contribution >= 0.6 is 0 Å². The van der Waals surface area contributed by atoms with Gasteiger partial charge in [-0.2, -0.15) is 4.98 Å². The van der Waals surface area contributed by atoms with E-state index in [1.165, 1.54) is 11.3 Å². The zero-order valence-electron chi connectivity index (χ0n) is 27.6. The van der Waals surface area contributed by atoms with Gasteiger partial charge in [0.1, 0.15) is 18.2 Å². The monoisotopic (exact) mass is 617 g/mol. The summed E-state index contributed by atoms with van der Waals surface area (Å²) in [5, 5.41) is 7.98. The van der Waals surface area contributed by atoms with Crippen LogP contribution < -0.4 is 29.7 Å². The number of likely N-dealkylation sites (tertiary alicyclic amines) is 1. The Kier molecular flexibility index (Phi) is 10.5. The molecule has 1 aliphatic rings. The fourth-order valence-electron chi connectivity index (χ4n) is 5.63. The molecule has 0 saturated carbocycles. The summed E-state index contributed by atoms with van der Waals surface area (Å²) >= 11 is 0. The van der Waals surface area contributed by atoms with Crippen molar-refractivity contribution in [2.75, 3.05) is 84.2 Å². The summed E-state index contributed by atoms with van der Waals surface area (Å²) in [6.07, 6.45) is 5.73. The molecular formula is C33H47N9O3. The average Bonchev–Trinajstić information content (AvgIpc) is 3.45. The van der Waals surface area contributed by atoms with Crippen molar-refractivity contribution >= 4 is 28.4 Å². The Morgan fingerprint density at radius 3 is 2.40 bits per heavy atom. The molecule has 0 amide bonds. The minimum Gasteiger partial charge on any atom is -0.493 e. The van der Waals surface area contributed by atoms with Crippen LogP contribution in [-0.4, -0.2) is 104 Å². The van der Waals surface area contributed by atoms with E-state index in [1.807, 2.05) is 29.9 Å². The Morgan fingerprint density at radius 1 is 0.978 bits per heavy atom. The number of anilines is 3. The maximum absolute atomic E-state index is 6.27. The first-order valence-electron chi connectivity index (χ1n) is 15.4. The zero-order valence-corrected chi connectivity index (χ0v) is 27.6. The first-order chi connectivity index (χ1) is 21.7. The van der Waals surface area contributed by atoms with Crippen LogP contribution in [0.5, 0.6) is 17.2 Å². The van der Waals surface area contributed by atoms with Crippen LogP contribution in [0.1, 0.15) is 24.1 Å². The number of rotatable bonds is 14. The van der Waals surface area contributed by atoms with Gasteiger partial charge in [0.05, 0.1) is 38.3 Å². The molecule has 1 aliphatic heterocycles. The van der Waals surface area contributed by atoms with Crippen LogP contribution in [0.15, 0.2) is 42.9 Å². The number of aryl methyl sites for hydroxylation is 1. The van der Waals surface area contributed by atoms with Gasteiger partial charge in [-0.25, -0.2) is 9.97 Å². The molecule has 12 nitrogen and oxygen atoms in total. The summed E-state index contributed by atoms with van der Waals surface area (Å²) in [5.74, 6) is 3.54. The molecule has 0 aliphatic carbocycles. The van der Waals surface area contributed by atoms with Crippen LogP contribution in [0, 0.1) is 0 Å². The molecular weight excluding hydrogens is 570 g/mol. The van der Waals surface area contributed by atoms with Gasteiger partial charge in [-0.05, 0) is 45.1 Å². The minimum atomic E-state index is 0.260. The topological polar surface area (TPSA) is 105 Å². The third-order valence-electron chi connectivity index (χ3n) is 8.08. The Hall–Kier alpha value is -4.29. The number of imidazole rings is 1. The van der Waals surface area contributed by atoms with Gasteiger partial charge in [-0.1, -0.05) is 6.07 Å². The molecule has 4 aromatic rings. The number of hydrogen-bond donors (Lipinski definition) is 2. The van der Waals surface area contributed by atoms with Crippen LogP contribution in [0.3, 0.4) is 0 Å². The SMILES string of the molecule is COc1cc2nc(NCc3cn(C)cn3)nc(NC3CCN(Cc4c(OCCN(C)C)cccc4N(C)C)CC3)c2cc1OC. The zero-order chi connectivity index (χ0) is 31.9. The third kappa shape index (κ3) is 8.06. The molecule has 3 heterocycles. The number of aromatic nitrogens is 4. The van der Waals surface area contributed by atoms with E-state index in [0.29, 0.717) is 30.6 Å². The maximum atomic E-state index is 6.27. The highest BCUT2D eigenvalue weighted by Crippen LogP contribution is 2.36. The fraction of sp³-hybridized carbons (Fsp3) is 0.485. The lowest BCUT2D eigenvalue weighted by atomic mass is 10.0. The number of piperidine rings is 1. The second kappa shape index (κ2) is 14.7. The van der Waals surface area contributed by atoms with Crippen molar-refractivity contribution in [2.45, 2.75) is 32.0 Å². The second-order valence-electron chi connectivity index (χ2n) is 12.0. The van der Waals surface area contributed by atoms with Gasteiger partial charge < -0.3 is 39.2 Å². The number of ether oxygens (including phenoxy) is 3. The smallest absolute Gasteiger partial charge is 0.225 e. The molecule has 2 aromatic heterocycles. The van der Waals surface area contributed by atoms with Gasteiger partial charge in [0.15, 0.2) is 11.5 Å². The maximum Gasteiger partial charge on any atom is 0.225 e. The highest BCUT2D eigenvalue weighted by molar-refractivity contribution is 5.92. The van der Waals surface area contributed by atoms with Gasteiger partial charge in [0.25, 0.3) is 0 Å². The van der Waals surface area contributed by atoms with Gasteiger partial charge in [0.2, 0.25) is 5.95 Å². The molecule has 242 valence electrons. The summed E-state index contributed by atoms with van der Waals surface area (Å²) in [5.41, 5.74) is 4.12. The normalized spacial score (nSPS) is 14.1. The fourth-order valence-corrected chi connectivity index (χ4v) is 5.63. The average molecular weight is 618 g/mol. The van der Waals surface area contributed by atoms with Gasteiger partial charge in [-0.3, -0.25) is 4.90 Å². The Morgan fingerprint density at radius 2 is 1.73 bits per heavy atom. The molecule has 12 heteroatoms. The van der Waals surface area contributed by atoms with Crippen LogP contribution in [-0.2, 0) is 20.1 Å². The number of fused-ring (bicyclic) bond motifs is 1. The summed E-state index contributed by atoms with van der Waals surface area (Å²) in [6.45, 7) is 4.81. The lowest BCUT2D eigenvalue weighted by molar-refractivity contribution is 0.205. The molecule has 1 saturated heterocycles. The van der Waals surface area contributed by atoms with Gasteiger partial charge >= 0.3 is 0 Å². The van der Waals surface area contributed by atoms with Crippen molar-refractivity contribution < 1.29 is 14.2 Å². The number of benzene rings is 2. The summed E-state index contributed by atoms with van der Waals surface area (Å²) in [6, 6.07) is 10.5. The van der Waals surface area contributed by atoms with E-state index in [0.717, 1.165) is 67.2 Å². The highest BCUT2D eigenvalue weighted by atomic mass is 16.5. The standard InChI is InChI=1S/C33H47N9O3/c1-39(2)15-16-45-29-10-8-9-28(40(3)4)26(29)21-42-13-11-23(12-14-42)36-32-25-17-30(43-6)31(44-7)18-27(25)37-33(38-32)34-19-24-20-41(5)22-35-24/h8-10,17-18,20,22-23H,11-16,19,21H2,1-7H3,(H2,34,36,37,38). The molecule has 0 unspecified atom stereocenters. The van der Waals surface area contributed by atoms with E-state index in [2.05, 4.69) is 76.7 Å². The van der Waals surface area contributed by atoms with E-state index >= 15 is 0 Å². The molecule has 0 radical (unpaired) electrons. The Balaban J connectivity index is 1.31. The molecule has 2 aromatic carbocycles. The van der Waals surface area contributed by atoms with E-state index in [1.54, 1.807) is 20.5 Å². The highest BCUT2D eigenvalue weighted by Gasteiger charge is 2.24. The molecule has 45 heavy (non-hydrogen) atoms. The van der Waals surface area contributed by atoms with E-state index in [9.17, 15) is 0 Å². The number of hydrogen-bond acceptors (Lipinski definition) is 11. The number of likely N-dealkylation sites (N-methyl/N-ethyl adjacent to an activating group) is 1. The van der Waals surface area contributed by atoms with Crippen molar-refractivity contribution in [3.05, 3.63) is 54.1 Å². The summed E-state index contributed by atoms with van der Waals surface area (Å²) < 4.78 is 19.4. The second-order valence-corrected chi connectivity index (χ2v) is 12.0. The predicted octanol–water partition coefficient (Wildman–Crippen LogP) is 4.08. The Bertz CT molecular complexity index is 1560. The first-order valence-corrected chi connectivity index (χ1v) is 15.4. The first kappa shape index (κ1) is 32.1. The van der Waals surface area contributed by atoms with E-state index in [4.69, 9.17) is 24.2 Å². The lowest BCUT2D eigenvalue weighted by Gasteiger charge is -2.34. The van der Waals surface area contributed by atoms with Crippen molar-refractivity contribution in [2.24, 2.45) is 7.05 Å². The van der Waals surface area contributed by atoms with Crippen molar-refractivity contribution in [3.63, 3.8) is 0 Å². The number of nitrogens with one attached hydrogen (secondary N) is 2.